The summed E-state index contributed by atoms with van der Waals surface area (Å²) < 4.78 is 5.46. The number of aromatic nitrogens is 2. The van der Waals surface area contributed by atoms with Crippen molar-refractivity contribution in [2.24, 2.45) is 5.73 Å². The minimum Gasteiger partial charge on any atom is -0.496 e. The number of rotatable bonds is 3. The Bertz CT molecular complexity index is 614. The number of aromatic amines is 1. The molecule has 102 valence electrons. The summed E-state index contributed by atoms with van der Waals surface area (Å²) in [6.45, 7) is 8.77. The second kappa shape index (κ2) is 5.05. The molecule has 4 heteroatoms. The molecule has 2 rings (SSSR count). The van der Waals surface area contributed by atoms with Gasteiger partial charge < -0.3 is 10.5 Å². The first kappa shape index (κ1) is 13.6. The first-order valence-electron chi connectivity index (χ1n) is 6.40. The van der Waals surface area contributed by atoms with Crippen LogP contribution >= 0.6 is 0 Å². The Morgan fingerprint density at radius 3 is 2.37 bits per heavy atom. The van der Waals surface area contributed by atoms with Crippen LogP contribution in [0.4, 0.5) is 0 Å². The Morgan fingerprint density at radius 2 is 1.84 bits per heavy atom. The second-order valence-electron chi connectivity index (χ2n) is 4.90. The molecule has 0 saturated heterocycles. The van der Waals surface area contributed by atoms with Gasteiger partial charge >= 0.3 is 0 Å². The number of ether oxygens (including phenoxy) is 1. The fraction of sp³-hybridized carbons (Fsp3) is 0.400. The summed E-state index contributed by atoms with van der Waals surface area (Å²) in [5.74, 6) is 0.952. The van der Waals surface area contributed by atoms with Crippen LogP contribution in [0.1, 0.15) is 27.9 Å². The summed E-state index contributed by atoms with van der Waals surface area (Å²) in [6.07, 6.45) is 0. The van der Waals surface area contributed by atoms with Crippen molar-refractivity contribution in [3.05, 3.63) is 34.0 Å². The number of methoxy groups -OCH3 is 1. The van der Waals surface area contributed by atoms with Crippen LogP contribution in [-0.4, -0.2) is 17.3 Å². The summed E-state index contributed by atoms with van der Waals surface area (Å²) in [7, 11) is 1.71. The first-order valence-corrected chi connectivity index (χ1v) is 6.40. The van der Waals surface area contributed by atoms with Crippen LogP contribution in [0.15, 0.2) is 6.07 Å². The third-order valence-corrected chi connectivity index (χ3v) is 3.80. The van der Waals surface area contributed by atoms with Crippen molar-refractivity contribution in [2.45, 2.75) is 34.2 Å². The monoisotopic (exact) mass is 259 g/mol. The van der Waals surface area contributed by atoms with E-state index < -0.39 is 0 Å². The van der Waals surface area contributed by atoms with E-state index in [0.717, 1.165) is 39.4 Å². The molecule has 3 N–H and O–H groups in total. The lowest BCUT2D eigenvalue weighted by Gasteiger charge is -2.15. The van der Waals surface area contributed by atoms with Crippen molar-refractivity contribution in [3.63, 3.8) is 0 Å². The molecule has 1 aromatic carbocycles. The van der Waals surface area contributed by atoms with E-state index in [1.165, 1.54) is 5.56 Å². The topological polar surface area (TPSA) is 63.9 Å². The van der Waals surface area contributed by atoms with E-state index >= 15 is 0 Å². The third kappa shape index (κ3) is 2.12. The van der Waals surface area contributed by atoms with Gasteiger partial charge in [-0.3, -0.25) is 5.10 Å². The Labute approximate surface area is 114 Å². The van der Waals surface area contributed by atoms with Crippen molar-refractivity contribution in [3.8, 4) is 17.0 Å². The van der Waals surface area contributed by atoms with Crippen LogP contribution in [0.2, 0.25) is 0 Å². The maximum atomic E-state index is 5.69. The zero-order valence-corrected chi connectivity index (χ0v) is 12.2. The number of H-pyrrole nitrogens is 1. The van der Waals surface area contributed by atoms with Gasteiger partial charge in [0.1, 0.15) is 5.75 Å². The Balaban J connectivity index is 2.66. The van der Waals surface area contributed by atoms with E-state index in [0.29, 0.717) is 6.54 Å². The fourth-order valence-electron chi connectivity index (χ4n) is 2.51. The van der Waals surface area contributed by atoms with E-state index in [-0.39, 0.29) is 0 Å². The molecule has 0 aliphatic heterocycles. The summed E-state index contributed by atoms with van der Waals surface area (Å²) in [5.41, 5.74) is 13.4. The first-order chi connectivity index (χ1) is 9.01. The highest BCUT2D eigenvalue weighted by molar-refractivity contribution is 5.71. The molecule has 0 radical (unpaired) electrons. The van der Waals surface area contributed by atoms with Crippen LogP contribution in [0.25, 0.3) is 11.3 Å². The van der Waals surface area contributed by atoms with Crippen LogP contribution < -0.4 is 10.5 Å². The molecule has 2 aromatic rings. The highest BCUT2D eigenvalue weighted by atomic mass is 16.5. The van der Waals surface area contributed by atoms with E-state index in [1.807, 2.05) is 0 Å². The van der Waals surface area contributed by atoms with Gasteiger partial charge in [-0.15, -0.1) is 0 Å². The van der Waals surface area contributed by atoms with Gasteiger partial charge in [0.25, 0.3) is 0 Å². The Hall–Kier alpha value is -1.81. The molecule has 0 atom stereocenters. The highest BCUT2D eigenvalue weighted by Gasteiger charge is 2.16. The molecule has 1 aromatic heterocycles. The van der Waals surface area contributed by atoms with Gasteiger partial charge in [0.2, 0.25) is 0 Å². The van der Waals surface area contributed by atoms with Crippen molar-refractivity contribution >= 4 is 0 Å². The van der Waals surface area contributed by atoms with Gasteiger partial charge in [-0.25, -0.2) is 0 Å². The number of aryl methyl sites for hydroxylation is 1. The molecule has 4 nitrogen and oxygen atoms in total. The number of benzene rings is 1. The Kier molecular flexibility index (Phi) is 3.62. The third-order valence-electron chi connectivity index (χ3n) is 3.80. The van der Waals surface area contributed by atoms with Crippen molar-refractivity contribution in [2.75, 3.05) is 7.11 Å². The SMILES string of the molecule is COc1c(C)cc(-c2n[nH]c(CN)c2C)c(C)c1C. The molecule has 0 aliphatic rings. The zero-order chi connectivity index (χ0) is 14.2. The van der Waals surface area contributed by atoms with Gasteiger partial charge in [-0.2, -0.15) is 5.10 Å². The van der Waals surface area contributed by atoms with Crippen molar-refractivity contribution in [1.82, 2.24) is 10.2 Å². The molecule has 0 fully saturated rings. The minimum atomic E-state index is 0.478. The van der Waals surface area contributed by atoms with Gasteiger partial charge in [-0.05, 0) is 56.0 Å². The number of nitrogens with two attached hydrogens (primary N) is 1. The molecule has 0 saturated carbocycles. The van der Waals surface area contributed by atoms with Gasteiger partial charge in [0.15, 0.2) is 0 Å². The highest BCUT2D eigenvalue weighted by Crippen LogP contribution is 2.35. The molecule has 0 aliphatic carbocycles. The number of nitrogens with one attached hydrogen (secondary N) is 1. The molecule has 0 unspecified atom stereocenters. The lowest BCUT2D eigenvalue weighted by atomic mass is 9.95. The summed E-state index contributed by atoms with van der Waals surface area (Å²) in [5, 5.41) is 7.42. The second-order valence-corrected chi connectivity index (χ2v) is 4.90. The van der Waals surface area contributed by atoms with Crippen LogP contribution in [0, 0.1) is 27.7 Å². The maximum absolute atomic E-state index is 5.69. The maximum Gasteiger partial charge on any atom is 0.124 e. The number of nitrogens with zero attached hydrogens (tertiary/aromatic N) is 1. The smallest absolute Gasteiger partial charge is 0.124 e. The van der Waals surface area contributed by atoms with Gasteiger partial charge in [-0.1, -0.05) is 0 Å². The van der Waals surface area contributed by atoms with Gasteiger partial charge in [0.05, 0.1) is 18.5 Å². The van der Waals surface area contributed by atoms with E-state index in [1.54, 1.807) is 7.11 Å². The zero-order valence-electron chi connectivity index (χ0n) is 12.2. The fourth-order valence-corrected chi connectivity index (χ4v) is 2.51. The lowest BCUT2D eigenvalue weighted by molar-refractivity contribution is 0.408. The van der Waals surface area contributed by atoms with Crippen LogP contribution in [0.3, 0.4) is 0 Å². The van der Waals surface area contributed by atoms with Crippen LogP contribution in [-0.2, 0) is 6.54 Å². The molecular weight excluding hydrogens is 238 g/mol. The summed E-state index contributed by atoms with van der Waals surface area (Å²) in [6, 6.07) is 2.13. The normalized spacial score (nSPS) is 10.8. The average Bonchev–Trinajstić information content (AvgIpc) is 2.75. The number of hydrogen-bond donors (Lipinski definition) is 2. The summed E-state index contributed by atoms with van der Waals surface area (Å²) in [4.78, 5) is 0. The molecule has 0 spiro atoms. The van der Waals surface area contributed by atoms with Crippen LogP contribution in [0.5, 0.6) is 5.75 Å². The minimum absolute atomic E-state index is 0.478. The largest absolute Gasteiger partial charge is 0.496 e. The number of hydrogen-bond acceptors (Lipinski definition) is 3. The average molecular weight is 259 g/mol. The Morgan fingerprint density at radius 1 is 1.16 bits per heavy atom. The molecule has 1 heterocycles. The predicted molar refractivity (Wildman–Crippen MR) is 77.4 cm³/mol. The van der Waals surface area contributed by atoms with Gasteiger partial charge in [0, 0.05) is 12.1 Å². The van der Waals surface area contributed by atoms with Crippen molar-refractivity contribution in [1.29, 1.82) is 0 Å². The molecule has 19 heavy (non-hydrogen) atoms. The van der Waals surface area contributed by atoms with Crippen molar-refractivity contribution < 1.29 is 4.74 Å². The standard InChI is InChI=1S/C15H21N3O/c1-8-6-12(9(2)10(3)15(8)19-5)14-11(4)13(7-16)17-18-14/h6H,7,16H2,1-5H3,(H,17,18). The lowest BCUT2D eigenvalue weighted by Crippen LogP contribution is -1.99. The molecular formula is C15H21N3O. The molecule has 0 amide bonds. The van der Waals surface area contributed by atoms with E-state index in [2.05, 4.69) is 44.0 Å². The van der Waals surface area contributed by atoms with E-state index in [9.17, 15) is 0 Å². The quantitative estimate of drug-likeness (QED) is 0.890. The molecule has 0 bridgehead atoms. The van der Waals surface area contributed by atoms with E-state index in [4.69, 9.17) is 10.5 Å². The summed E-state index contributed by atoms with van der Waals surface area (Å²) >= 11 is 0. The predicted octanol–water partition coefficient (Wildman–Crippen LogP) is 2.78.